The van der Waals surface area contributed by atoms with Crippen molar-refractivity contribution in [3.8, 4) is 0 Å². The van der Waals surface area contributed by atoms with Crippen LogP contribution in [0.1, 0.15) is 22.5 Å². The summed E-state index contributed by atoms with van der Waals surface area (Å²) in [6.07, 6.45) is 11.6. The van der Waals surface area contributed by atoms with Crippen LogP contribution in [-0.2, 0) is 25.7 Å². The lowest BCUT2D eigenvalue weighted by Gasteiger charge is -2.01. The molecule has 3 heterocycles. The van der Waals surface area contributed by atoms with E-state index < -0.39 is 0 Å². The molecule has 0 amide bonds. The van der Waals surface area contributed by atoms with Gasteiger partial charge in [-0.15, -0.1) is 0 Å². The molecule has 0 saturated carbocycles. The van der Waals surface area contributed by atoms with Gasteiger partial charge in [0.25, 0.3) is 0 Å². The molecule has 0 spiro atoms. The smallest absolute Gasteiger partial charge is 0.0270 e. The Hall–Kier alpha value is -2.42. The standard InChI is InChI=1S/C18H19N3/c1(15-7-11-19-12-8-15)3-17-5-6-18(21-17)4-2-16-9-13-20-14-10-16/h5-14,21H,1-4H2. The van der Waals surface area contributed by atoms with Crippen LogP contribution in [-0.4, -0.2) is 15.0 Å². The second-order valence-electron chi connectivity index (χ2n) is 5.22. The highest BCUT2D eigenvalue weighted by Gasteiger charge is 2.01. The maximum absolute atomic E-state index is 4.05. The SMILES string of the molecule is c1cc(CCc2ccc(CCc3ccncc3)[nH]2)ccn1. The predicted octanol–water partition coefficient (Wildman–Crippen LogP) is 3.38. The third-order valence-electron chi connectivity index (χ3n) is 3.67. The Morgan fingerprint density at radius 3 is 1.43 bits per heavy atom. The van der Waals surface area contributed by atoms with E-state index in [4.69, 9.17) is 0 Å². The van der Waals surface area contributed by atoms with Gasteiger partial charge in [0, 0.05) is 36.2 Å². The number of aromatic amines is 1. The van der Waals surface area contributed by atoms with Gasteiger partial charge in [0.05, 0.1) is 0 Å². The Morgan fingerprint density at radius 2 is 1.00 bits per heavy atom. The molecule has 0 aromatic carbocycles. The fourth-order valence-corrected chi connectivity index (χ4v) is 2.44. The number of aromatic nitrogens is 3. The molecule has 0 atom stereocenters. The lowest BCUT2D eigenvalue weighted by molar-refractivity contribution is 0.879. The largest absolute Gasteiger partial charge is 0.362 e. The van der Waals surface area contributed by atoms with E-state index in [1.807, 2.05) is 24.8 Å². The molecule has 3 nitrogen and oxygen atoms in total. The molecule has 1 N–H and O–H groups in total. The van der Waals surface area contributed by atoms with Crippen molar-refractivity contribution in [1.29, 1.82) is 0 Å². The van der Waals surface area contributed by atoms with Crippen molar-refractivity contribution in [2.75, 3.05) is 0 Å². The highest BCUT2D eigenvalue weighted by atomic mass is 14.7. The summed E-state index contributed by atoms with van der Waals surface area (Å²) in [5, 5.41) is 0. The summed E-state index contributed by atoms with van der Waals surface area (Å²) in [5.74, 6) is 0. The molecule has 0 saturated heterocycles. The summed E-state index contributed by atoms with van der Waals surface area (Å²) in [6, 6.07) is 12.7. The molecule has 0 fully saturated rings. The zero-order chi connectivity index (χ0) is 14.3. The predicted molar refractivity (Wildman–Crippen MR) is 84.1 cm³/mol. The zero-order valence-electron chi connectivity index (χ0n) is 12.0. The minimum atomic E-state index is 1.04. The maximum Gasteiger partial charge on any atom is 0.0270 e. The molecular formula is C18H19N3. The third-order valence-corrected chi connectivity index (χ3v) is 3.67. The summed E-state index contributed by atoms with van der Waals surface area (Å²) in [6.45, 7) is 0. The number of nitrogens with zero attached hydrogens (tertiary/aromatic N) is 2. The first kappa shape index (κ1) is 13.6. The quantitative estimate of drug-likeness (QED) is 0.750. The van der Waals surface area contributed by atoms with Crippen molar-refractivity contribution in [2.24, 2.45) is 0 Å². The lowest BCUT2D eigenvalue weighted by Crippen LogP contribution is -1.94. The maximum atomic E-state index is 4.05. The Kier molecular flexibility index (Phi) is 4.42. The first-order valence-corrected chi connectivity index (χ1v) is 7.35. The number of H-pyrrole nitrogens is 1. The van der Waals surface area contributed by atoms with E-state index in [2.05, 4.69) is 51.4 Å². The van der Waals surface area contributed by atoms with Crippen LogP contribution in [0, 0.1) is 0 Å². The normalized spacial score (nSPS) is 10.7. The summed E-state index contributed by atoms with van der Waals surface area (Å²) in [4.78, 5) is 11.6. The zero-order valence-corrected chi connectivity index (χ0v) is 12.0. The lowest BCUT2D eigenvalue weighted by atomic mass is 10.1. The molecule has 106 valence electrons. The number of nitrogens with one attached hydrogen (secondary N) is 1. The minimum absolute atomic E-state index is 1.04. The second kappa shape index (κ2) is 6.84. The molecule has 3 rings (SSSR count). The van der Waals surface area contributed by atoms with Crippen LogP contribution in [0.4, 0.5) is 0 Å². The molecule has 3 aromatic heterocycles. The van der Waals surface area contributed by atoms with E-state index >= 15 is 0 Å². The molecule has 0 bridgehead atoms. The van der Waals surface area contributed by atoms with Gasteiger partial charge in [0.1, 0.15) is 0 Å². The number of pyridine rings is 2. The summed E-state index contributed by atoms with van der Waals surface area (Å²) in [5.41, 5.74) is 5.27. The molecule has 0 aliphatic heterocycles. The van der Waals surface area contributed by atoms with E-state index in [-0.39, 0.29) is 0 Å². The highest BCUT2D eigenvalue weighted by Crippen LogP contribution is 2.10. The average Bonchev–Trinajstić information content (AvgIpc) is 3.01. The van der Waals surface area contributed by atoms with E-state index in [0.717, 1.165) is 25.7 Å². The van der Waals surface area contributed by atoms with Crippen LogP contribution in [0.15, 0.2) is 61.2 Å². The number of aryl methyl sites for hydroxylation is 4. The van der Waals surface area contributed by atoms with Gasteiger partial charge in [0.15, 0.2) is 0 Å². The van der Waals surface area contributed by atoms with Crippen LogP contribution >= 0.6 is 0 Å². The van der Waals surface area contributed by atoms with Gasteiger partial charge in [-0.3, -0.25) is 9.97 Å². The van der Waals surface area contributed by atoms with Gasteiger partial charge in [-0.1, -0.05) is 0 Å². The van der Waals surface area contributed by atoms with E-state index in [1.54, 1.807) is 0 Å². The fourth-order valence-electron chi connectivity index (χ4n) is 2.44. The highest BCUT2D eigenvalue weighted by molar-refractivity contribution is 5.18. The van der Waals surface area contributed by atoms with Crippen molar-refractivity contribution in [1.82, 2.24) is 15.0 Å². The summed E-state index contributed by atoms with van der Waals surface area (Å²) < 4.78 is 0. The molecule has 3 aromatic rings. The minimum Gasteiger partial charge on any atom is -0.362 e. The fraction of sp³-hybridized carbons (Fsp3) is 0.222. The molecule has 0 unspecified atom stereocenters. The van der Waals surface area contributed by atoms with E-state index in [1.165, 1.54) is 22.5 Å². The van der Waals surface area contributed by atoms with Crippen molar-refractivity contribution in [3.63, 3.8) is 0 Å². The summed E-state index contributed by atoms with van der Waals surface area (Å²) >= 11 is 0. The van der Waals surface area contributed by atoms with Crippen LogP contribution in [0.2, 0.25) is 0 Å². The van der Waals surface area contributed by atoms with Crippen LogP contribution in [0.5, 0.6) is 0 Å². The van der Waals surface area contributed by atoms with Crippen molar-refractivity contribution >= 4 is 0 Å². The van der Waals surface area contributed by atoms with Gasteiger partial charge < -0.3 is 4.98 Å². The molecule has 3 heteroatoms. The molecular weight excluding hydrogens is 258 g/mol. The molecule has 0 aliphatic carbocycles. The van der Waals surface area contributed by atoms with Crippen molar-refractivity contribution in [3.05, 3.63) is 83.7 Å². The van der Waals surface area contributed by atoms with Crippen LogP contribution < -0.4 is 0 Å². The van der Waals surface area contributed by atoms with Gasteiger partial charge in [-0.2, -0.15) is 0 Å². The van der Waals surface area contributed by atoms with Gasteiger partial charge in [-0.05, 0) is 73.2 Å². The average molecular weight is 277 g/mol. The molecule has 0 radical (unpaired) electrons. The summed E-state index contributed by atoms with van der Waals surface area (Å²) in [7, 11) is 0. The van der Waals surface area contributed by atoms with E-state index in [0.29, 0.717) is 0 Å². The first-order chi connectivity index (χ1) is 10.4. The van der Waals surface area contributed by atoms with Gasteiger partial charge in [-0.25, -0.2) is 0 Å². The van der Waals surface area contributed by atoms with Gasteiger partial charge >= 0.3 is 0 Å². The number of hydrogen-bond acceptors (Lipinski definition) is 2. The Balaban J connectivity index is 1.52. The third kappa shape index (κ3) is 4.02. The monoisotopic (exact) mass is 277 g/mol. The topological polar surface area (TPSA) is 41.6 Å². The number of rotatable bonds is 6. The van der Waals surface area contributed by atoms with Crippen LogP contribution in [0.25, 0.3) is 0 Å². The Bertz CT molecular complexity index is 601. The molecule has 21 heavy (non-hydrogen) atoms. The van der Waals surface area contributed by atoms with Gasteiger partial charge in [0.2, 0.25) is 0 Å². The van der Waals surface area contributed by atoms with E-state index in [9.17, 15) is 0 Å². The second-order valence-corrected chi connectivity index (χ2v) is 5.22. The molecule has 0 aliphatic rings. The van der Waals surface area contributed by atoms with Crippen molar-refractivity contribution < 1.29 is 0 Å². The van der Waals surface area contributed by atoms with Crippen molar-refractivity contribution in [2.45, 2.75) is 25.7 Å². The Labute approximate surface area is 125 Å². The van der Waals surface area contributed by atoms with Crippen LogP contribution in [0.3, 0.4) is 0 Å². The number of hydrogen-bond donors (Lipinski definition) is 1. The first-order valence-electron chi connectivity index (χ1n) is 7.35. The Morgan fingerprint density at radius 1 is 0.571 bits per heavy atom.